The van der Waals surface area contributed by atoms with Crippen LogP contribution in [0.5, 0.6) is 0 Å². The molecule has 2 rings (SSSR count). The lowest BCUT2D eigenvalue weighted by atomic mass is 9.92. The van der Waals surface area contributed by atoms with Crippen molar-refractivity contribution in [3.8, 4) is 0 Å². The van der Waals surface area contributed by atoms with E-state index in [1.54, 1.807) is 12.1 Å². The molecule has 0 unspecified atom stereocenters. The summed E-state index contributed by atoms with van der Waals surface area (Å²) in [5.74, 6) is 0.657. The minimum Gasteiger partial charge on any atom is -0.282 e. The molecule has 0 aliphatic carbocycles. The molecule has 3 nitrogen and oxygen atoms in total. The van der Waals surface area contributed by atoms with Gasteiger partial charge >= 0.3 is 0 Å². The van der Waals surface area contributed by atoms with Crippen LogP contribution in [-0.2, 0) is 10.1 Å². The van der Waals surface area contributed by atoms with Crippen molar-refractivity contribution in [2.24, 2.45) is 0 Å². The van der Waals surface area contributed by atoms with Gasteiger partial charge in [0.05, 0.1) is 0 Å². The first-order valence-electron chi connectivity index (χ1n) is 6.76. The third-order valence-electron chi connectivity index (χ3n) is 3.60. The molecule has 0 heterocycles. The maximum absolute atomic E-state index is 11.5. The molecule has 108 valence electrons. The van der Waals surface area contributed by atoms with E-state index in [2.05, 4.69) is 27.7 Å². The molecule has 2 aromatic rings. The van der Waals surface area contributed by atoms with Gasteiger partial charge < -0.3 is 0 Å². The van der Waals surface area contributed by atoms with Crippen LogP contribution < -0.4 is 0 Å². The van der Waals surface area contributed by atoms with Gasteiger partial charge in [0.25, 0.3) is 10.1 Å². The zero-order chi connectivity index (χ0) is 15.1. The third kappa shape index (κ3) is 2.72. The molecule has 0 aliphatic rings. The van der Waals surface area contributed by atoms with Crippen LogP contribution in [0.25, 0.3) is 10.8 Å². The third-order valence-corrected chi connectivity index (χ3v) is 4.51. The van der Waals surface area contributed by atoms with Crippen LogP contribution in [0.15, 0.2) is 35.2 Å². The van der Waals surface area contributed by atoms with Crippen LogP contribution in [0.1, 0.15) is 50.7 Å². The Labute approximate surface area is 120 Å². The lowest BCUT2D eigenvalue weighted by molar-refractivity contribution is 0.484. The van der Waals surface area contributed by atoms with Gasteiger partial charge in [0.2, 0.25) is 0 Å². The Balaban J connectivity index is 2.88. The Kier molecular flexibility index (Phi) is 3.89. The molecule has 4 heteroatoms. The van der Waals surface area contributed by atoms with Crippen LogP contribution in [-0.4, -0.2) is 13.0 Å². The Bertz CT molecular complexity index is 744. The van der Waals surface area contributed by atoms with Gasteiger partial charge in [-0.15, -0.1) is 0 Å². The summed E-state index contributed by atoms with van der Waals surface area (Å²) in [6.07, 6.45) is 0. The Hall–Kier alpha value is -1.39. The van der Waals surface area contributed by atoms with Crippen molar-refractivity contribution in [1.82, 2.24) is 0 Å². The summed E-state index contributed by atoms with van der Waals surface area (Å²) in [5, 5.41) is 1.49. The van der Waals surface area contributed by atoms with E-state index in [0.29, 0.717) is 11.3 Å². The zero-order valence-corrected chi connectivity index (χ0v) is 13.0. The van der Waals surface area contributed by atoms with Gasteiger partial charge in [-0.25, -0.2) is 0 Å². The standard InChI is InChI=1S/C16H20O3S/c1-10(2)12-5-6-14-15(9-12)13(11(3)4)7-8-16(14)20(17,18)19/h5-11H,1-4H3,(H,17,18,19). The average Bonchev–Trinajstić information content (AvgIpc) is 2.35. The highest BCUT2D eigenvalue weighted by Gasteiger charge is 2.17. The van der Waals surface area contributed by atoms with Crippen LogP contribution >= 0.6 is 0 Å². The maximum Gasteiger partial charge on any atom is 0.295 e. The first kappa shape index (κ1) is 15.0. The molecule has 0 radical (unpaired) electrons. The summed E-state index contributed by atoms with van der Waals surface area (Å²) in [5.41, 5.74) is 2.25. The highest BCUT2D eigenvalue weighted by atomic mass is 32.2. The number of rotatable bonds is 3. The zero-order valence-electron chi connectivity index (χ0n) is 12.2. The summed E-state index contributed by atoms with van der Waals surface area (Å²) in [6, 6.07) is 9.03. The van der Waals surface area contributed by atoms with Crippen LogP contribution in [0, 0.1) is 0 Å². The van der Waals surface area contributed by atoms with Crippen molar-refractivity contribution >= 4 is 20.9 Å². The summed E-state index contributed by atoms with van der Waals surface area (Å²) in [4.78, 5) is -0.0211. The first-order valence-corrected chi connectivity index (χ1v) is 8.20. The van der Waals surface area contributed by atoms with Gasteiger partial charge in [-0.3, -0.25) is 4.55 Å². The lowest BCUT2D eigenvalue weighted by Crippen LogP contribution is -2.02. The van der Waals surface area contributed by atoms with Crippen molar-refractivity contribution in [1.29, 1.82) is 0 Å². The topological polar surface area (TPSA) is 54.4 Å². The van der Waals surface area contributed by atoms with Gasteiger partial charge in [-0.05, 0) is 34.4 Å². The normalized spacial score (nSPS) is 12.6. The smallest absolute Gasteiger partial charge is 0.282 e. The van der Waals surface area contributed by atoms with Gasteiger partial charge in [0.15, 0.2) is 0 Å². The van der Waals surface area contributed by atoms with E-state index in [9.17, 15) is 13.0 Å². The molecular weight excluding hydrogens is 272 g/mol. The van der Waals surface area contributed by atoms with E-state index in [4.69, 9.17) is 0 Å². The molecule has 0 atom stereocenters. The highest BCUT2D eigenvalue weighted by Crippen LogP contribution is 2.32. The highest BCUT2D eigenvalue weighted by molar-refractivity contribution is 7.86. The van der Waals surface area contributed by atoms with Crippen LogP contribution in [0.2, 0.25) is 0 Å². The van der Waals surface area contributed by atoms with Crippen molar-refractivity contribution in [2.75, 3.05) is 0 Å². The Morgan fingerprint density at radius 3 is 2.05 bits per heavy atom. The van der Waals surface area contributed by atoms with E-state index < -0.39 is 10.1 Å². The minimum absolute atomic E-state index is 0.0211. The Morgan fingerprint density at radius 1 is 0.900 bits per heavy atom. The van der Waals surface area contributed by atoms with Gasteiger partial charge in [0.1, 0.15) is 4.90 Å². The van der Waals surface area contributed by atoms with Crippen molar-refractivity contribution in [3.63, 3.8) is 0 Å². The molecule has 1 N–H and O–H groups in total. The van der Waals surface area contributed by atoms with Crippen molar-refractivity contribution < 1.29 is 13.0 Å². The average molecular weight is 292 g/mol. The van der Waals surface area contributed by atoms with Gasteiger partial charge in [-0.1, -0.05) is 52.0 Å². The molecule has 0 spiro atoms. The van der Waals surface area contributed by atoms with Gasteiger partial charge in [-0.2, -0.15) is 8.42 Å². The van der Waals surface area contributed by atoms with E-state index in [1.165, 1.54) is 6.07 Å². The van der Waals surface area contributed by atoms with E-state index in [1.807, 2.05) is 12.1 Å². The van der Waals surface area contributed by atoms with E-state index in [0.717, 1.165) is 16.5 Å². The fourth-order valence-corrected chi connectivity index (χ4v) is 3.14. The largest absolute Gasteiger partial charge is 0.295 e. The summed E-state index contributed by atoms with van der Waals surface area (Å²) >= 11 is 0. The predicted molar refractivity (Wildman–Crippen MR) is 81.9 cm³/mol. The molecular formula is C16H20O3S. The predicted octanol–water partition coefficient (Wildman–Crippen LogP) is 4.33. The first-order chi connectivity index (χ1) is 9.21. The maximum atomic E-state index is 11.5. The number of benzene rings is 2. The van der Waals surface area contributed by atoms with Crippen molar-refractivity contribution in [2.45, 2.75) is 44.4 Å². The molecule has 0 aromatic heterocycles. The SMILES string of the molecule is CC(C)c1ccc2c(S(=O)(=O)O)ccc(C(C)C)c2c1. The molecule has 20 heavy (non-hydrogen) atoms. The summed E-state index contributed by atoms with van der Waals surface area (Å²) in [6.45, 7) is 8.35. The number of hydrogen-bond acceptors (Lipinski definition) is 2. The van der Waals surface area contributed by atoms with Gasteiger partial charge in [0, 0.05) is 5.39 Å². The Morgan fingerprint density at radius 2 is 1.55 bits per heavy atom. The summed E-state index contributed by atoms with van der Waals surface area (Å²) in [7, 11) is -4.20. The quantitative estimate of drug-likeness (QED) is 0.856. The molecule has 0 bridgehead atoms. The van der Waals surface area contributed by atoms with Crippen LogP contribution in [0.4, 0.5) is 0 Å². The monoisotopic (exact) mass is 292 g/mol. The number of fused-ring (bicyclic) bond motifs is 1. The molecule has 2 aromatic carbocycles. The molecule has 0 fully saturated rings. The lowest BCUT2D eigenvalue weighted by Gasteiger charge is -2.15. The summed E-state index contributed by atoms with van der Waals surface area (Å²) < 4.78 is 32.4. The minimum atomic E-state index is -4.20. The van der Waals surface area contributed by atoms with E-state index >= 15 is 0 Å². The van der Waals surface area contributed by atoms with E-state index in [-0.39, 0.29) is 10.8 Å². The molecule has 0 saturated heterocycles. The molecule has 0 amide bonds. The second-order valence-corrected chi connectivity index (χ2v) is 7.13. The molecule has 0 saturated carbocycles. The second kappa shape index (κ2) is 5.19. The number of hydrogen-bond donors (Lipinski definition) is 1. The van der Waals surface area contributed by atoms with Crippen LogP contribution in [0.3, 0.4) is 0 Å². The second-order valence-electron chi connectivity index (χ2n) is 5.74. The fraction of sp³-hybridized carbons (Fsp3) is 0.375. The van der Waals surface area contributed by atoms with Crippen molar-refractivity contribution in [3.05, 3.63) is 41.5 Å². The fourth-order valence-electron chi connectivity index (χ4n) is 2.45. The molecule has 0 aliphatic heterocycles.